The van der Waals surface area contributed by atoms with E-state index in [9.17, 15) is 4.79 Å². The highest BCUT2D eigenvalue weighted by Gasteiger charge is 2.17. The molecule has 1 aromatic heterocycles. The third-order valence-corrected chi connectivity index (χ3v) is 3.25. The predicted molar refractivity (Wildman–Crippen MR) is 73.7 cm³/mol. The van der Waals surface area contributed by atoms with Crippen LogP contribution in [0.3, 0.4) is 0 Å². The number of aryl methyl sites for hydroxylation is 1. The fourth-order valence-corrected chi connectivity index (χ4v) is 2.16. The van der Waals surface area contributed by atoms with Crippen LogP contribution in [0.25, 0.3) is 10.8 Å². The van der Waals surface area contributed by atoms with Crippen LogP contribution in [0, 0.1) is 6.92 Å². The maximum absolute atomic E-state index is 12.4. The van der Waals surface area contributed by atoms with Gasteiger partial charge < -0.3 is 4.90 Å². The Bertz CT molecular complexity index is 574. The number of aromatic nitrogens is 1. The number of carbonyl (C=O) groups is 1. The summed E-state index contributed by atoms with van der Waals surface area (Å²) in [6.07, 6.45) is 1.78. The van der Waals surface area contributed by atoms with Crippen molar-refractivity contribution < 1.29 is 4.79 Å². The first-order valence-electron chi connectivity index (χ1n) is 6.32. The molecular weight excluding hydrogens is 224 g/mol. The van der Waals surface area contributed by atoms with Crippen LogP contribution in [0.4, 0.5) is 0 Å². The summed E-state index contributed by atoms with van der Waals surface area (Å²) in [7, 11) is 0. The molecule has 18 heavy (non-hydrogen) atoms. The fraction of sp³-hybridized carbons (Fsp3) is 0.333. The van der Waals surface area contributed by atoms with Crippen LogP contribution in [0.2, 0.25) is 0 Å². The van der Waals surface area contributed by atoms with Crippen molar-refractivity contribution in [3.05, 3.63) is 41.7 Å². The van der Waals surface area contributed by atoms with E-state index in [0.29, 0.717) is 18.8 Å². The first-order valence-corrected chi connectivity index (χ1v) is 6.32. The molecule has 0 saturated heterocycles. The van der Waals surface area contributed by atoms with Crippen molar-refractivity contribution in [1.82, 2.24) is 9.88 Å². The molecule has 1 aromatic carbocycles. The number of pyridine rings is 1. The molecule has 0 bridgehead atoms. The number of hydrogen-bond donors (Lipinski definition) is 0. The average molecular weight is 242 g/mol. The number of fused-ring (bicyclic) bond motifs is 1. The molecule has 0 N–H and O–H groups in total. The van der Waals surface area contributed by atoms with Crippen LogP contribution in [0.1, 0.15) is 29.9 Å². The predicted octanol–water partition coefficient (Wildman–Crippen LogP) is 3.03. The van der Waals surface area contributed by atoms with E-state index < -0.39 is 0 Å². The second kappa shape index (κ2) is 5.17. The Labute approximate surface area is 107 Å². The third-order valence-electron chi connectivity index (χ3n) is 3.25. The van der Waals surface area contributed by atoms with E-state index in [4.69, 9.17) is 0 Å². The number of carbonyl (C=O) groups excluding carboxylic acids is 1. The zero-order chi connectivity index (χ0) is 13.1. The molecule has 3 heteroatoms. The SMILES string of the molecule is CCN(CC)C(=O)c1ncc(C)c2ccccc12. The molecular formula is C15H18N2O. The summed E-state index contributed by atoms with van der Waals surface area (Å²) in [6.45, 7) is 7.40. The van der Waals surface area contributed by atoms with Crippen LogP contribution in [0.15, 0.2) is 30.5 Å². The van der Waals surface area contributed by atoms with Crippen LogP contribution < -0.4 is 0 Å². The maximum Gasteiger partial charge on any atom is 0.273 e. The van der Waals surface area contributed by atoms with Crippen molar-refractivity contribution in [2.75, 3.05) is 13.1 Å². The smallest absolute Gasteiger partial charge is 0.273 e. The second-order valence-corrected chi connectivity index (χ2v) is 4.31. The van der Waals surface area contributed by atoms with Gasteiger partial charge in [0.2, 0.25) is 0 Å². The number of benzene rings is 1. The minimum atomic E-state index is 0.0104. The summed E-state index contributed by atoms with van der Waals surface area (Å²) < 4.78 is 0. The summed E-state index contributed by atoms with van der Waals surface area (Å²) in [4.78, 5) is 18.5. The Morgan fingerprint density at radius 1 is 1.17 bits per heavy atom. The lowest BCUT2D eigenvalue weighted by molar-refractivity contribution is 0.0769. The van der Waals surface area contributed by atoms with E-state index >= 15 is 0 Å². The molecule has 0 aliphatic heterocycles. The van der Waals surface area contributed by atoms with E-state index in [1.54, 1.807) is 11.1 Å². The largest absolute Gasteiger partial charge is 0.338 e. The Morgan fingerprint density at radius 2 is 1.78 bits per heavy atom. The minimum Gasteiger partial charge on any atom is -0.338 e. The summed E-state index contributed by atoms with van der Waals surface area (Å²) in [5.74, 6) is 0.0104. The average Bonchev–Trinajstić information content (AvgIpc) is 2.41. The molecule has 2 rings (SSSR count). The van der Waals surface area contributed by atoms with Crippen molar-refractivity contribution in [3.63, 3.8) is 0 Å². The summed E-state index contributed by atoms with van der Waals surface area (Å²) >= 11 is 0. The van der Waals surface area contributed by atoms with E-state index in [1.807, 2.05) is 45.0 Å². The summed E-state index contributed by atoms with van der Waals surface area (Å²) in [5, 5.41) is 2.04. The number of rotatable bonds is 3. The highest BCUT2D eigenvalue weighted by atomic mass is 16.2. The highest BCUT2D eigenvalue weighted by Crippen LogP contribution is 2.21. The minimum absolute atomic E-state index is 0.0104. The Hall–Kier alpha value is -1.90. The highest BCUT2D eigenvalue weighted by molar-refractivity contribution is 6.05. The zero-order valence-electron chi connectivity index (χ0n) is 11.1. The van der Waals surface area contributed by atoms with Gasteiger partial charge in [-0.25, -0.2) is 0 Å². The second-order valence-electron chi connectivity index (χ2n) is 4.31. The maximum atomic E-state index is 12.4. The van der Waals surface area contributed by atoms with Crippen molar-refractivity contribution in [3.8, 4) is 0 Å². The van der Waals surface area contributed by atoms with Crippen molar-refractivity contribution in [2.24, 2.45) is 0 Å². The molecule has 2 aromatic rings. The van der Waals surface area contributed by atoms with Gasteiger partial charge in [-0.3, -0.25) is 9.78 Å². The van der Waals surface area contributed by atoms with Gasteiger partial charge in [0, 0.05) is 24.7 Å². The Balaban J connectivity index is 2.58. The van der Waals surface area contributed by atoms with Gasteiger partial charge in [-0.05, 0) is 31.7 Å². The molecule has 0 aliphatic rings. The van der Waals surface area contributed by atoms with Crippen LogP contribution in [0.5, 0.6) is 0 Å². The first-order chi connectivity index (χ1) is 8.69. The van der Waals surface area contributed by atoms with E-state index in [0.717, 1.165) is 16.3 Å². The number of nitrogens with zero attached hydrogens (tertiary/aromatic N) is 2. The summed E-state index contributed by atoms with van der Waals surface area (Å²) in [5.41, 5.74) is 1.65. The van der Waals surface area contributed by atoms with Gasteiger partial charge >= 0.3 is 0 Å². The number of amides is 1. The van der Waals surface area contributed by atoms with E-state index in [2.05, 4.69) is 4.98 Å². The molecule has 0 aliphatic carbocycles. The van der Waals surface area contributed by atoms with Crippen LogP contribution in [-0.4, -0.2) is 28.9 Å². The Morgan fingerprint density at radius 3 is 2.39 bits per heavy atom. The molecule has 0 saturated carbocycles. The van der Waals surface area contributed by atoms with Gasteiger partial charge in [-0.1, -0.05) is 24.3 Å². The Kier molecular flexibility index (Phi) is 3.60. The standard InChI is InChI=1S/C15H18N2O/c1-4-17(5-2)15(18)14-13-9-7-6-8-12(13)11(3)10-16-14/h6-10H,4-5H2,1-3H3. The molecule has 1 amide bonds. The lowest BCUT2D eigenvalue weighted by Gasteiger charge is -2.19. The van der Waals surface area contributed by atoms with Crippen molar-refractivity contribution in [2.45, 2.75) is 20.8 Å². The topological polar surface area (TPSA) is 33.2 Å². The van der Waals surface area contributed by atoms with Gasteiger partial charge in [-0.2, -0.15) is 0 Å². The van der Waals surface area contributed by atoms with Crippen molar-refractivity contribution >= 4 is 16.7 Å². The van der Waals surface area contributed by atoms with Gasteiger partial charge in [0.05, 0.1) is 0 Å². The molecule has 1 heterocycles. The van der Waals surface area contributed by atoms with Crippen LogP contribution >= 0.6 is 0 Å². The van der Waals surface area contributed by atoms with Gasteiger partial charge in [0.1, 0.15) is 5.69 Å². The molecule has 0 fully saturated rings. The van der Waals surface area contributed by atoms with Gasteiger partial charge in [0.25, 0.3) is 5.91 Å². The molecule has 3 nitrogen and oxygen atoms in total. The van der Waals surface area contributed by atoms with Gasteiger partial charge in [-0.15, -0.1) is 0 Å². The quantitative estimate of drug-likeness (QED) is 0.829. The molecule has 0 atom stereocenters. The molecule has 94 valence electrons. The first kappa shape index (κ1) is 12.6. The lowest BCUT2D eigenvalue weighted by atomic mass is 10.1. The van der Waals surface area contributed by atoms with E-state index in [-0.39, 0.29) is 5.91 Å². The molecule has 0 unspecified atom stereocenters. The molecule has 0 radical (unpaired) electrons. The van der Waals surface area contributed by atoms with Crippen molar-refractivity contribution in [1.29, 1.82) is 0 Å². The van der Waals surface area contributed by atoms with Crippen LogP contribution in [-0.2, 0) is 0 Å². The van der Waals surface area contributed by atoms with Gasteiger partial charge in [0.15, 0.2) is 0 Å². The summed E-state index contributed by atoms with van der Waals surface area (Å²) in [6, 6.07) is 7.93. The zero-order valence-corrected chi connectivity index (χ0v) is 11.1. The fourth-order valence-electron chi connectivity index (χ4n) is 2.16. The third kappa shape index (κ3) is 2.08. The lowest BCUT2D eigenvalue weighted by Crippen LogP contribution is -2.31. The molecule has 0 spiro atoms. The number of hydrogen-bond acceptors (Lipinski definition) is 2. The normalized spacial score (nSPS) is 10.6. The monoisotopic (exact) mass is 242 g/mol. The van der Waals surface area contributed by atoms with E-state index in [1.165, 1.54) is 0 Å².